The van der Waals surface area contributed by atoms with Gasteiger partial charge in [-0.3, -0.25) is 9.78 Å². The van der Waals surface area contributed by atoms with Gasteiger partial charge >= 0.3 is 0 Å². The quantitative estimate of drug-likeness (QED) is 0.575. The normalized spacial score (nSPS) is 17.0. The summed E-state index contributed by atoms with van der Waals surface area (Å²) in [6.07, 6.45) is 1.79. The van der Waals surface area contributed by atoms with E-state index in [0.717, 1.165) is 19.4 Å². The maximum absolute atomic E-state index is 13.5. The number of hydrogen-bond donors (Lipinski definition) is 1. The summed E-state index contributed by atoms with van der Waals surface area (Å²) in [5.41, 5.74) is 1.09. The van der Waals surface area contributed by atoms with Crippen LogP contribution in [0.5, 0.6) is 0 Å². The van der Waals surface area contributed by atoms with Gasteiger partial charge in [-0.25, -0.2) is 9.37 Å². The zero-order chi connectivity index (χ0) is 19.8. The first-order valence-corrected chi connectivity index (χ1v) is 9.51. The minimum atomic E-state index is -0.343. The molecule has 29 heavy (non-hydrogen) atoms. The Kier molecular flexibility index (Phi) is 4.31. The van der Waals surface area contributed by atoms with Crippen LogP contribution in [-0.4, -0.2) is 33.2 Å². The van der Waals surface area contributed by atoms with E-state index >= 15 is 0 Å². The molecule has 0 radical (unpaired) electrons. The van der Waals surface area contributed by atoms with E-state index in [2.05, 4.69) is 20.1 Å². The fourth-order valence-electron chi connectivity index (χ4n) is 3.74. The van der Waals surface area contributed by atoms with Gasteiger partial charge in [0.05, 0.1) is 16.8 Å². The topological polar surface area (TPSA) is 87.9 Å². The molecule has 0 spiro atoms. The largest absolute Gasteiger partial charge is 0.342 e. The van der Waals surface area contributed by atoms with Crippen LogP contribution >= 0.6 is 0 Å². The zero-order valence-electron chi connectivity index (χ0n) is 15.5. The van der Waals surface area contributed by atoms with Crippen LogP contribution in [0.1, 0.15) is 24.7 Å². The molecule has 0 aliphatic carbocycles. The minimum Gasteiger partial charge on any atom is -0.342 e. The first-order valence-electron chi connectivity index (χ1n) is 9.51. The predicted molar refractivity (Wildman–Crippen MR) is 106 cm³/mol. The van der Waals surface area contributed by atoms with Gasteiger partial charge in [0.1, 0.15) is 5.82 Å². The van der Waals surface area contributed by atoms with E-state index in [0.29, 0.717) is 40.7 Å². The third kappa shape index (κ3) is 3.37. The van der Waals surface area contributed by atoms with Crippen molar-refractivity contribution in [3.63, 3.8) is 0 Å². The molecular formula is C21H18FN5O2. The Morgan fingerprint density at radius 3 is 2.93 bits per heavy atom. The number of rotatable bonds is 3. The van der Waals surface area contributed by atoms with Crippen LogP contribution in [0.25, 0.3) is 22.3 Å². The molecule has 1 saturated heterocycles. The van der Waals surface area contributed by atoms with Crippen molar-refractivity contribution in [2.24, 2.45) is 0 Å². The highest BCUT2D eigenvalue weighted by molar-refractivity contribution is 5.78. The van der Waals surface area contributed by atoms with Gasteiger partial charge in [0, 0.05) is 18.7 Å². The van der Waals surface area contributed by atoms with Crippen molar-refractivity contribution < 1.29 is 8.91 Å². The van der Waals surface area contributed by atoms with Gasteiger partial charge in [-0.1, -0.05) is 29.4 Å². The molecular weight excluding hydrogens is 373 g/mol. The lowest BCUT2D eigenvalue weighted by Gasteiger charge is -2.31. The fraction of sp³-hybridized carbons (Fsp3) is 0.238. The molecule has 146 valence electrons. The van der Waals surface area contributed by atoms with Crippen LogP contribution < -0.4 is 10.5 Å². The van der Waals surface area contributed by atoms with Crippen molar-refractivity contribution in [2.75, 3.05) is 18.0 Å². The van der Waals surface area contributed by atoms with Gasteiger partial charge in [0.15, 0.2) is 0 Å². The number of nitrogens with zero attached hydrogens (tertiary/aromatic N) is 4. The average Bonchev–Trinajstić information content (AvgIpc) is 3.24. The molecule has 1 N–H and O–H groups in total. The highest BCUT2D eigenvalue weighted by atomic mass is 19.1. The Balaban J connectivity index is 1.41. The van der Waals surface area contributed by atoms with E-state index in [1.165, 1.54) is 12.1 Å². The summed E-state index contributed by atoms with van der Waals surface area (Å²) in [6, 6.07) is 13.4. The van der Waals surface area contributed by atoms with Crippen LogP contribution in [0, 0.1) is 5.82 Å². The molecule has 0 bridgehead atoms. The molecule has 0 saturated carbocycles. The van der Waals surface area contributed by atoms with Crippen molar-refractivity contribution in [2.45, 2.75) is 18.8 Å². The van der Waals surface area contributed by atoms with Crippen LogP contribution in [0.15, 0.2) is 57.8 Å². The second-order valence-electron chi connectivity index (χ2n) is 7.16. The lowest BCUT2D eigenvalue weighted by atomic mass is 9.98. The van der Waals surface area contributed by atoms with Gasteiger partial charge in [0.2, 0.25) is 17.7 Å². The Morgan fingerprint density at radius 1 is 1.14 bits per heavy atom. The number of para-hydroxylation sites is 1. The second-order valence-corrected chi connectivity index (χ2v) is 7.16. The maximum atomic E-state index is 13.5. The molecule has 1 fully saturated rings. The van der Waals surface area contributed by atoms with E-state index in [4.69, 9.17) is 4.52 Å². The predicted octanol–water partition coefficient (Wildman–Crippen LogP) is 3.50. The molecule has 0 amide bonds. The number of H-pyrrole nitrogens is 1. The van der Waals surface area contributed by atoms with Crippen molar-refractivity contribution in [3.8, 4) is 11.4 Å². The standard InChI is InChI=1S/C21H18FN5O2/c22-15-7-3-5-13(11-15)18-24-20(29-26-18)14-6-4-10-27(12-14)21-23-17-9-2-1-8-16(17)19(28)25-21/h1-3,5,7-9,11,14H,4,6,10,12H2,(H,23,25,28). The molecule has 1 atom stereocenters. The Hall–Kier alpha value is -3.55. The van der Waals surface area contributed by atoms with E-state index in [-0.39, 0.29) is 17.3 Å². The highest BCUT2D eigenvalue weighted by Gasteiger charge is 2.27. The number of fused-ring (bicyclic) bond motifs is 1. The van der Waals surface area contributed by atoms with E-state index in [1.807, 2.05) is 23.1 Å². The Labute approximate surface area is 165 Å². The van der Waals surface area contributed by atoms with Crippen molar-refractivity contribution >= 4 is 16.9 Å². The lowest BCUT2D eigenvalue weighted by Crippen LogP contribution is -2.36. The van der Waals surface area contributed by atoms with Gasteiger partial charge < -0.3 is 9.42 Å². The van der Waals surface area contributed by atoms with Gasteiger partial charge in [0.25, 0.3) is 5.56 Å². The zero-order valence-corrected chi connectivity index (χ0v) is 15.5. The summed E-state index contributed by atoms with van der Waals surface area (Å²) in [7, 11) is 0. The number of aromatic nitrogens is 4. The molecule has 5 rings (SSSR count). The third-order valence-electron chi connectivity index (χ3n) is 5.20. The smallest absolute Gasteiger partial charge is 0.260 e. The van der Waals surface area contributed by atoms with Crippen LogP contribution in [0.2, 0.25) is 0 Å². The van der Waals surface area contributed by atoms with Crippen molar-refractivity contribution in [1.29, 1.82) is 0 Å². The number of hydrogen-bond acceptors (Lipinski definition) is 6. The number of halogens is 1. The Bertz CT molecular complexity index is 1230. The van der Waals surface area contributed by atoms with Crippen LogP contribution in [0.3, 0.4) is 0 Å². The molecule has 4 aromatic rings. The number of benzene rings is 2. The van der Waals surface area contributed by atoms with Gasteiger partial charge in [-0.2, -0.15) is 4.98 Å². The summed E-state index contributed by atoms with van der Waals surface area (Å²) in [6.45, 7) is 1.38. The van der Waals surface area contributed by atoms with Gasteiger partial charge in [-0.05, 0) is 37.1 Å². The number of anilines is 1. The summed E-state index contributed by atoms with van der Waals surface area (Å²) < 4.78 is 18.9. The van der Waals surface area contributed by atoms with E-state index in [1.54, 1.807) is 18.2 Å². The molecule has 2 aromatic carbocycles. The number of aromatic amines is 1. The molecule has 1 aliphatic heterocycles. The van der Waals surface area contributed by atoms with Crippen LogP contribution in [-0.2, 0) is 0 Å². The third-order valence-corrected chi connectivity index (χ3v) is 5.20. The first-order chi connectivity index (χ1) is 14.2. The summed E-state index contributed by atoms with van der Waals surface area (Å²) in [4.78, 5) is 26.4. The second kappa shape index (κ2) is 7.12. The average molecular weight is 391 g/mol. The SMILES string of the molecule is O=c1[nH]c(N2CCCC(c3nc(-c4cccc(F)c4)no3)C2)nc2ccccc12. The van der Waals surface area contributed by atoms with Crippen molar-refractivity contribution in [3.05, 3.63) is 70.6 Å². The van der Waals surface area contributed by atoms with Crippen molar-refractivity contribution in [1.82, 2.24) is 20.1 Å². The molecule has 7 nitrogen and oxygen atoms in total. The summed E-state index contributed by atoms with van der Waals surface area (Å²) in [5, 5.41) is 4.58. The van der Waals surface area contributed by atoms with Crippen LogP contribution in [0.4, 0.5) is 10.3 Å². The summed E-state index contributed by atoms with van der Waals surface area (Å²) in [5.74, 6) is 1.09. The van der Waals surface area contributed by atoms with E-state index < -0.39 is 0 Å². The number of piperidine rings is 1. The summed E-state index contributed by atoms with van der Waals surface area (Å²) >= 11 is 0. The molecule has 1 unspecified atom stereocenters. The minimum absolute atomic E-state index is 0.00957. The number of nitrogens with one attached hydrogen (secondary N) is 1. The first kappa shape index (κ1) is 17.5. The maximum Gasteiger partial charge on any atom is 0.260 e. The van der Waals surface area contributed by atoms with Gasteiger partial charge in [-0.15, -0.1) is 0 Å². The molecule has 3 heterocycles. The molecule has 8 heteroatoms. The molecule has 2 aromatic heterocycles. The Morgan fingerprint density at radius 2 is 2.03 bits per heavy atom. The highest BCUT2D eigenvalue weighted by Crippen LogP contribution is 2.29. The molecule has 1 aliphatic rings. The lowest BCUT2D eigenvalue weighted by molar-refractivity contribution is 0.332. The van der Waals surface area contributed by atoms with E-state index in [9.17, 15) is 9.18 Å². The monoisotopic (exact) mass is 391 g/mol. The fourth-order valence-corrected chi connectivity index (χ4v) is 3.74.